The molecule has 0 radical (unpaired) electrons. The van der Waals surface area contributed by atoms with Gasteiger partial charge in [0.2, 0.25) is 0 Å². The van der Waals surface area contributed by atoms with E-state index in [4.69, 9.17) is 4.74 Å². The fourth-order valence-corrected chi connectivity index (χ4v) is 2.48. The minimum Gasteiger partial charge on any atom is -0.382 e. The number of hydrogen-bond donors (Lipinski definition) is 1. The molecular weight excluding hydrogens is 236 g/mol. The highest BCUT2D eigenvalue weighted by atomic mass is 16.5. The van der Waals surface area contributed by atoms with Gasteiger partial charge < -0.3 is 10.1 Å². The second kappa shape index (κ2) is 6.40. The summed E-state index contributed by atoms with van der Waals surface area (Å²) in [7, 11) is 0. The molecule has 0 bridgehead atoms. The van der Waals surface area contributed by atoms with Gasteiger partial charge in [-0.3, -0.25) is 4.90 Å². The van der Waals surface area contributed by atoms with Crippen LogP contribution >= 0.6 is 0 Å². The van der Waals surface area contributed by atoms with Crippen molar-refractivity contribution in [3.05, 3.63) is 29.3 Å². The van der Waals surface area contributed by atoms with E-state index in [1.807, 2.05) is 0 Å². The van der Waals surface area contributed by atoms with Crippen molar-refractivity contribution in [3.63, 3.8) is 0 Å². The summed E-state index contributed by atoms with van der Waals surface area (Å²) < 4.78 is 5.85. The SMILES string of the molecule is Cc1ccc(C)c(NCC2CN(C(C)C)CCO2)c1. The third-order valence-electron chi connectivity index (χ3n) is 3.81. The van der Waals surface area contributed by atoms with Gasteiger partial charge in [0, 0.05) is 31.4 Å². The second-order valence-corrected chi connectivity index (χ2v) is 5.78. The van der Waals surface area contributed by atoms with Crippen molar-refractivity contribution in [2.24, 2.45) is 0 Å². The molecule has 0 aromatic heterocycles. The van der Waals surface area contributed by atoms with Crippen LogP contribution in [0.5, 0.6) is 0 Å². The molecule has 1 aliphatic rings. The van der Waals surface area contributed by atoms with Crippen LogP contribution in [0.2, 0.25) is 0 Å². The minimum absolute atomic E-state index is 0.288. The van der Waals surface area contributed by atoms with Gasteiger partial charge in [-0.1, -0.05) is 12.1 Å². The molecule has 1 unspecified atom stereocenters. The van der Waals surface area contributed by atoms with Crippen molar-refractivity contribution in [2.45, 2.75) is 39.8 Å². The van der Waals surface area contributed by atoms with E-state index in [9.17, 15) is 0 Å². The fourth-order valence-electron chi connectivity index (χ4n) is 2.48. The monoisotopic (exact) mass is 262 g/mol. The van der Waals surface area contributed by atoms with Crippen molar-refractivity contribution in [1.82, 2.24) is 4.90 Å². The highest BCUT2D eigenvalue weighted by Gasteiger charge is 2.21. The smallest absolute Gasteiger partial charge is 0.0874 e. The molecule has 0 spiro atoms. The molecule has 3 heteroatoms. The van der Waals surface area contributed by atoms with Crippen LogP contribution in [0.15, 0.2) is 18.2 Å². The maximum atomic E-state index is 5.85. The molecule has 2 rings (SSSR count). The lowest BCUT2D eigenvalue weighted by Gasteiger charge is -2.35. The van der Waals surface area contributed by atoms with Gasteiger partial charge in [-0.05, 0) is 44.9 Å². The number of aryl methyl sites for hydroxylation is 2. The first-order valence-electron chi connectivity index (χ1n) is 7.23. The summed E-state index contributed by atoms with van der Waals surface area (Å²) in [6.07, 6.45) is 0.288. The summed E-state index contributed by atoms with van der Waals surface area (Å²) in [5.41, 5.74) is 3.81. The van der Waals surface area contributed by atoms with Gasteiger partial charge in [-0.25, -0.2) is 0 Å². The Morgan fingerprint density at radius 2 is 2.16 bits per heavy atom. The molecule has 0 saturated carbocycles. The number of nitrogens with one attached hydrogen (secondary N) is 1. The van der Waals surface area contributed by atoms with Crippen LogP contribution in [0.3, 0.4) is 0 Å². The number of rotatable bonds is 4. The Bertz CT molecular complexity index is 417. The van der Waals surface area contributed by atoms with Crippen molar-refractivity contribution >= 4 is 5.69 Å². The van der Waals surface area contributed by atoms with Gasteiger partial charge in [0.05, 0.1) is 12.7 Å². The first-order valence-corrected chi connectivity index (χ1v) is 7.23. The highest BCUT2D eigenvalue weighted by Crippen LogP contribution is 2.17. The van der Waals surface area contributed by atoms with E-state index in [0.717, 1.165) is 26.2 Å². The topological polar surface area (TPSA) is 24.5 Å². The maximum absolute atomic E-state index is 5.85. The molecular formula is C16H26N2O. The van der Waals surface area contributed by atoms with Crippen LogP contribution < -0.4 is 5.32 Å². The number of anilines is 1. The van der Waals surface area contributed by atoms with Crippen molar-refractivity contribution < 1.29 is 4.74 Å². The summed E-state index contributed by atoms with van der Waals surface area (Å²) in [5.74, 6) is 0. The van der Waals surface area contributed by atoms with E-state index in [1.165, 1.54) is 16.8 Å². The van der Waals surface area contributed by atoms with E-state index in [1.54, 1.807) is 0 Å². The van der Waals surface area contributed by atoms with Crippen LogP contribution in [0.25, 0.3) is 0 Å². The molecule has 0 aliphatic carbocycles. The number of benzene rings is 1. The molecule has 1 atom stereocenters. The van der Waals surface area contributed by atoms with Crippen LogP contribution in [-0.2, 0) is 4.74 Å². The Balaban J connectivity index is 1.89. The normalized spacial score (nSPS) is 20.8. The van der Waals surface area contributed by atoms with Gasteiger partial charge in [0.25, 0.3) is 0 Å². The third-order valence-corrected chi connectivity index (χ3v) is 3.81. The van der Waals surface area contributed by atoms with E-state index < -0.39 is 0 Å². The molecule has 1 heterocycles. The average Bonchev–Trinajstić information content (AvgIpc) is 2.40. The largest absolute Gasteiger partial charge is 0.382 e. The molecule has 1 N–H and O–H groups in total. The van der Waals surface area contributed by atoms with Gasteiger partial charge >= 0.3 is 0 Å². The molecule has 1 aromatic rings. The molecule has 3 nitrogen and oxygen atoms in total. The zero-order valence-corrected chi connectivity index (χ0v) is 12.6. The third kappa shape index (κ3) is 3.95. The number of morpholine rings is 1. The second-order valence-electron chi connectivity index (χ2n) is 5.78. The standard InChI is InChI=1S/C16H26N2O/c1-12(2)18-7-8-19-15(11-18)10-17-16-9-13(3)5-6-14(16)4/h5-6,9,12,15,17H,7-8,10-11H2,1-4H3. The van der Waals surface area contributed by atoms with Crippen LogP contribution in [-0.4, -0.2) is 43.3 Å². The summed E-state index contributed by atoms with van der Waals surface area (Å²) >= 11 is 0. The molecule has 1 aliphatic heterocycles. The van der Waals surface area contributed by atoms with Crippen molar-refractivity contribution in [3.8, 4) is 0 Å². The molecule has 1 fully saturated rings. The molecule has 0 amide bonds. The Kier molecular flexibility index (Phi) is 4.83. The lowest BCUT2D eigenvalue weighted by atomic mass is 10.1. The molecule has 19 heavy (non-hydrogen) atoms. The molecule has 1 saturated heterocycles. The average molecular weight is 262 g/mol. The van der Waals surface area contributed by atoms with E-state index >= 15 is 0 Å². The highest BCUT2D eigenvalue weighted by molar-refractivity contribution is 5.52. The first kappa shape index (κ1) is 14.4. The van der Waals surface area contributed by atoms with Gasteiger partial charge in [0.1, 0.15) is 0 Å². The summed E-state index contributed by atoms with van der Waals surface area (Å²) in [4.78, 5) is 2.49. The fraction of sp³-hybridized carbons (Fsp3) is 0.625. The van der Waals surface area contributed by atoms with Crippen molar-refractivity contribution in [2.75, 3.05) is 31.6 Å². The van der Waals surface area contributed by atoms with Crippen LogP contribution in [0, 0.1) is 13.8 Å². The Hall–Kier alpha value is -1.06. The molecule has 1 aromatic carbocycles. The van der Waals surface area contributed by atoms with Gasteiger partial charge in [0.15, 0.2) is 0 Å². The Morgan fingerprint density at radius 1 is 1.37 bits per heavy atom. The van der Waals surface area contributed by atoms with Crippen LogP contribution in [0.4, 0.5) is 5.69 Å². The van der Waals surface area contributed by atoms with Crippen LogP contribution in [0.1, 0.15) is 25.0 Å². The first-order chi connectivity index (χ1) is 9.06. The number of hydrogen-bond acceptors (Lipinski definition) is 3. The molecule has 106 valence electrons. The summed E-state index contributed by atoms with van der Waals surface area (Å²) in [6, 6.07) is 7.13. The lowest BCUT2D eigenvalue weighted by molar-refractivity contribution is -0.0315. The Morgan fingerprint density at radius 3 is 2.89 bits per heavy atom. The minimum atomic E-state index is 0.288. The predicted molar refractivity (Wildman–Crippen MR) is 80.9 cm³/mol. The quantitative estimate of drug-likeness (QED) is 0.903. The van der Waals surface area contributed by atoms with E-state index in [0.29, 0.717) is 6.04 Å². The number of ether oxygens (including phenoxy) is 1. The van der Waals surface area contributed by atoms with Gasteiger partial charge in [-0.2, -0.15) is 0 Å². The lowest BCUT2D eigenvalue weighted by Crippen LogP contribution is -2.48. The van der Waals surface area contributed by atoms with Gasteiger partial charge in [-0.15, -0.1) is 0 Å². The van der Waals surface area contributed by atoms with E-state index in [2.05, 4.69) is 56.1 Å². The maximum Gasteiger partial charge on any atom is 0.0874 e. The summed E-state index contributed by atoms with van der Waals surface area (Å²) in [6.45, 7) is 12.6. The Labute approximate surface area is 116 Å². The zero-order chi connectivity index (χ0) is 13.8. The van der Waals surface area contributed by atoms with Crippen molar-refractivity contribution in [1.29, 1.82) is 0 Å². The zero-order valence-electron chi connectivity index (χ0n) is 12.6. The number of nitrogens with zero attached hydrogens (tertiary/aromatic N) is 1. The van der Waals surface area contributed by atoms with E-state index in [-0.39, 0.29) is 6.10 Å². The summed E-state index contributed by atoms with van der Waals surface area (Å²) in [5, 5.41) is 3.53. The predicted octanol–water partition coefficient (Wildman–Crippen LogP) is 2.82.